The lowest BCUT2D eigenvalue weighted by molar-refractivity contribution is -0.119. The molecular formula is C22H21FN8O. The number of benzene rings is 1. The van der Waals surface area contributed by atoms with E-state index in [4.69, 9.17) is 10.7 Å². The second-order valence-corrected chi connectivity index (χ2v) is 7.95. The first kappa shape index (κ1) is 20.0. The van der Waals surface area contributed by atoms with Crippen molar-refractivity contribution in [2.75, 3.05) is 11.1 Å². The summed E-state index contributed by atoms with van der Waals surface area (Å²) in [5, 5.41) is 7.01. The van der Waals surface area contributed by atoms with Crippen LogP contribution >= 0.6 is 0 Å². The van der Waals surface area contributed by atoms with Crippen molar-refractivity contribution in [2.45, 2.75) is 38.5 Å². The van der Waals surface area contributed by atoms with Gasteiger partial charge in [0.05, 0.1) is 17.5 Å². The van der Waals surface area contributed by atoms with Gasteiger partial charge in [-0.05, 0) is 37.5 Å². The first-order valence-corrected chi connectivity index (χ1v) is 10.4. The molecule has 0 fully saturated rings. The van der Waals surface area contributed by atoms with Gasteiger partial charge in [-0.25, -0.2) is 28.8 Å². The molecule has 9 nitrogen and oxygen atoms in total. The molecule has 5 rings (SSSR count). The summed E-state index contributed by atoms with van der Waals surface area (Å²) in [6, 6.07) is 5.89. The van der Waals surface area contributed by atoms with Crippen LogP contribution in [-0.4, -0.2) is 35.5 Å². The highest BCUT2D eigenvalue weighted by Gasteiger charge is 2.47. The number of carbonyl (C=O) groups is 1. The molecular weight excluding hydrogens is 411 g/mol. The molecule has 3 aromatic heterocycles. The molecule has 4 aromatic rings. The second-order valence-electron chi connectivity index (χ2n) is 7.95. The fraction of sp³-hybridized carbons (Fsp3) is 0.273. The van der Waals surface area contributed by atoms with Crippen molar-refractivity contribution in [3.8, 4) is 11.5 Å². The van der Waals surface area contributed by atoms with Gasteiger partial charge in [0.15, 0.2) is 11.5 Å². The number of halogens is 1. The number of unbranched alkanes of at least 4 members (excludes halogenated alkanes) is 1. The van der Waals surface area contributed by atoms with Gasteiger partial charge in [0.1, 0.15) is 34.9 Å². The Morgan fingerprint density at radius 2 is 2.09 bits per heavy atom. The number of amides is 1. The Labute approximate surface area is 182 Å². The lowest BCUT2D eigenvalue weighted by Crippen LogP contribution is -2.33. The zero-order valence-electron chi connectivity index (χ0n) is 17.6. The smallest absolute Gasteiger partial charge is 0.240 e. The number of nitrogens with one attached hydrogen (secondary N) is 1. The number of hydrogen-bond donors (Lipinski definition) is 2. The number of nitrogens with zero attached hydrogens (tertiary/aromatic N) is 6. The van der Waals surface area contributed by atoms with Crippen molar-refractivity contribution in [3.05, 3.63) is 59.4 Å². The van der Waals surface area contributed by atoms with Crippen LogP contribution in [0.3, 0.4) is 0 Å². The van der Waals surface area contributed by atoms with Gasteiger partial charge in [0.25, 0.3) is 0 Å². The van der Waals surface area contributed by atoms with Crippen LogP contribution in [0.15, 0.2) is 36.8 Å². The van der Waals surface area contributed by atoms with Gasteiger partial charge in [-0.15, -0.1) is 0 Å². The van der Waals surface area contributed by atoms with Crippen molar-refractivity contribution < 1.29 is 9.18 Å². The number of fused-ring (bicyclic) bond motifs is 2. The maximum Gasteiger partial charge on any atom is 0.240 e. The summed E-state index contributed by atoms with van der Waals surface area (Å²) in [6.45, 7) is 3.79. The van der Waals surface area contributed by atoms with Crippen molar-refractivity contribution in [2.24, 2.45) is 0 Å². The Morgan fingerprint density at radius 1 is 1.25 bits per heavy atom. The standard InChI is InChI=1S/C22H21FN8O/c1-3-4-8-14-20-25-11-26-31(20)10-15(27-14)18-28-17(24)16-19(29-18)30-21(32)22(16,2)12-6-5-7-13(23)9-12/h5-7,9-11H,3-4,8H2,1-2H3,(H3,24,28,29,30,32). The highest BCUT2D eigenvalue weighted by atomic mass is 19.1. The molecule has 0 aliphatic carbocycles. The molecule has 1 aliphatic heterocycles. The second kappa shape index (κ2) is 7.33. The Bertz CT molecular complexity index is 1370. The minimum atomic E-state index is -1.21. The molecule has 162 valence electrons. The highest BCUT2D eigenvalue weighted by Crippen LogP contribution is 2.44. The molecule has 0 radical (unpaired) electrons. The van der Waals surface area contributed by atoms with Crippen LogP contribution in [0.4, 0.5) is 16.0 Å². The maximum absolute atomic E-state index is 13.9. The molecule has 32 heavy (non-hydrogen) atoms. The minimum absolute atomic E-state index is 0.130. The van der Waals surface area contributed by atoms with Crippen molar-refractivity contribution in [3.63, 3.8) is 0 Å². The molecule has 0 bridgehead atoms. The van der Waals surface area contributed by atoms with Crippen molar-refractivity contribution in [1.82, 2.24) is 29.5 Å². The summed E-state index contributed by atoms with van der Waals surface area (Å²) in [5.74, 6) is -0.101. The van der Waals surface area contributed by atoms with E-state index in [2.05, 4.69) is 32.3 Å². The third kappa shape index (κ3) is 2.98. The first-order valence-electron chi connectivity index (χ1n) is 10.4. The van der Waals surface area contributed by atoms with E-state index in [0.717, 1.165) is 25.0 Å². The number of aryl methyl sites for hydroxylation is 1. The van der Waals surface area contributed by atoms with Gasteiger partial charge < -0.3 is 11.1 Å². The van der Waals surface area contributed by atoms with Gasteiger partial charge in [0.2, 0.25) is 5.91 Å². The Hall–Kier alpha value is -3.95. The maximum atomic E-state index is 13.9. The predicted octanol–water partition coefficient (Wildman–Crippen LogP) is 2.90. The predicted molar refractivity (Wildman–Crippen MR) is 116 cm³/mol. The molecule has 1 atom stereocenters. The Kier molecular flexibility index (Phi) is 4.58. The Balaban J connectivity index is 1.64. The molecule has 0 spiro atoms. The summed E-state index contributed by atoms with van der Waals surface area (Å²) >= 11 is 0. The number of nitrogens with two attached hydrogens (primary N) is 1. The summed E-state index contributed by atoms with van der Waals surface area (Å²) < 4.78 is 15.5. The van der Waals surface area contributed by atoms with Crippen LogP contribution in [0.25, 0.3) is 17.2 Å². The molecule has 0 saturated carbocycles. The van der Waals surface area contributed by atoms with Crippen LogP contribution in [0.1, 0.15) is 43.5 Å². The molecule has 1 unspecified atom stereocenters. The molecule has 0 saturated heterocycles. The summed E-state index contributed by atoms with van der Waals surface area (Å²) in [4.78, 5) is 31.0. The summed E-state index contributed by atoms with van der Waals surface area (Å²) in [6.07, 6.45) is 5.86. The molecule has 1 amide bonds. The lowest BCUT2D eigenvalue weighted by Gasteiger charge is -2.23. The molecule has 3 N–H and O–H groups in total. The Morgan fingerprint density at radius 3 is 2.88 bits per heavy atom. The van der Waals surface area contributed by atoms with E-state index in [1.807, 2.05) is 0 Å². The molecule has 1 aliphatic rings. The van der Waals surface area contributed by atoms with Gasteiger partial charge >= 0.3 is 0 Å². The van der Waals surface area contributed by atoms with Gasteiger partial charge in [-0.2, -0.15) is 5.10 Å². The van der Waals surface area contributed by atoms with Crippen molar-refractivity contribution in [1.29, 1.82) is 0 Å². The van der Waals surface area contributed by atoms with Crippen LogP contribution in [0, 0.1) is 5.82 Å². The number of nitrogen functional groups attached to an aromatic ring is 1. The van der Waals surface area contributed by atoms with Gasteiger partial charge in [0, 0.05) is 0 Å². The first-order chi connectivity index (χ1) is 15.4. The van der Waals surface area contributed by atoms with Crippen LogP contribution in [-0.2, 0) is 16.6 Å². The third-order valence-corrected chi connectivity index (χ3v) is 5.85. The van der Waals surface area contributed by atoms with E-state index in [9.17, 15) is 9.18 Å². The topological polar surface area (TPSA) is 124 Å². The number of anilines is 2. The molecule has 4 heterocycles. The van der Waals surface area contributed by atoms with Crippen LogP contribution in [0.5, 0.6) is 0 Å². The van der Waals surface area contributed by atoms with Crippen LogP contribution in [0.2, 0.25) is 0 Å². The number of hydrogen-bond acceptors (Lipinski definition) is 7. The lowest BCUT2D eigenvalue weighted by atomic mass is 9.78. The fourth-order valence-corrected chi connectivity index (χ4v) is 4.11. The van der Waals surface area contributed by atoms with E-state index >= 15 is 0 Å². The normalized spacial score (nSPS) is 17.5. The third-order valence-electron chi connectivity index (χ3n) is 5.85. The van der Waals surface area contributed by atoms with E-state index in [0.29, 0.717) is 28.3 Å². The minimum Gasteiger partial charge on any atom is -0.383 e. The van der Waals surface area contributed by atoms with Gasteiger partial charge in [-0.3, -0.25) is 4.79 Å². The van der Waals surface area contributed by atoms with Gasteiger partial charge in [-0.1, -0.05) is 25.5 Å². The van der Waals surface area contributed by atoms with Crippen LogP contribution < -0.4 is 11.1 Å². The average Bonchev–Trinajstić information content (AvgIpc) is 3.35. The summed E-state index contributed by atoms with van der Waals surface area (Å²) in [7, 11) is 0. The molecule has 10 heteroatoms. The average molecular weight is 432 g/mol. The number of rotatable bonds is 5. The van der Waals surface area contributed by atoms with E-state index in [1.165, 1.54) is 18.5 Å². The van der Waals surface area contributed by atoms with Crippen molar-refractivity contribution >= 4 is 23.2 Å². The zero-order valence-corrected chi connectivity index (χ0v) is 17.6. The number of aromatic nitrogens is 6. The van der Waals surface area contributed by atoms with E-state index in [-0.39, 0.29) is 17.5 Å². The SMILES string of the molecule is CCCCc1nc(-c2nc(N)c3c(n2)NC(=O)C3(C)c2cccc(F)c2)cn2ncnc12. The number of carbonyl (C=O) groups excluding carboxylic acids is 1. The zero-order chi connectivity index (χ0) is 22.5. The summed E-state index contributed by atoms with van der Waals surface area (Å²) in [5.41, 5.74) is 7.96. The molecule has 1 aromatic carbocycles. The largest absolute Gasteiger partial charge is 0.383 e. The van der Waals surface area contributed by atoms with E-state index in [1.54, 1.807) is 29.8 Å². The van der Waals surface area contributed by atoms with E-state index < -0.39 is 11.2 Å². The monoisotopic (exact) mass is 432 g/mol. The highest BCUT2D eigenvalue weighted by molar-refractivity contribution is 6.09. The quantitative estimate of drug-likeness (QED) is 0.497. The fourth-order valence-electron chi connectivity index (χ4n) is 4.11.